The molecule has 32 nitrogen and oxygen atoms in total. The number of likely N-dealkylation sites (tertiary alicyclic amines) is 3. The van der Waals surface area contributed by atoms with Gasteiger partial charge in [-0.05, 0) is 139 Å². The molecule has 9 heterocycles. The van der Waals surface area contributed by atoms with Crippen molar-refractivity contribution in [3.63, 3.8) is 0 Å². The third kappa shape index (κ3) is 20.0. The number of nitrogens with zero attached hydrogens (tertiary/aromatic N) is 12. The molecule has 6 N–H and O–H groups in total. The van der Waals surface area contributed by atoms with E-state index in [9.17, 15) is 33.2 Å². The fourth-order valence-corrected chi connectivity index (χ4v) is 16.2. The molecule has 0 saturated carbocycles. The Hall–Kier alpha value is -11.3. The lowest BCUT2D eigenvalue weighted by Crippen LogP contribution is -2.53. The fraction of sp³-hybridized carbons (Fsp3) is 0.372. The summed E-state index contributed by atoms with van der Waals surface area (Å²) in [5, 5.41) is 18.4. The number of alkyl halides is 1. The Morgan fingerprint density at radius 1 is 0.416 bits per heavy atom. The molecule has 3 fully saturated rings. The van der Waals surface area contributed by atoms with E-state index in [2.05, 4.69) is 71.6 Å². The normalized spacial score (nSPS) is 20.4. The smallest absolute Gasteiger partial charge is 0.258 e. The number of carbonyl (C=O) groups excluding carboxylic acids is 6. The predicted molar refractivity (Wildman–Crippen MR) is 468 cm³/mol. The van der Waals surface area contributed by atoms with Gasteiger partial charge in [-0.15, -0.1) is 0 Å². The molecule has 39 heteroatoms. The van der Waals surface area contributed by atoms with Crippen LogP contribution in [0.5, 0.6) is 52.1 Å². The van der Waals surface area contributed by atoms with Crippen LogP contribution in [-0.2, 0) is 9.47 Å². The zero-order valence-corrected chi connectivity index (χ0v) is 74.5. The van der Waals surface area contributed by atoms with Gasteiger partial charge in [0.2, 0.25) is 35.5 Å². The summed E-state index contributed by atoms with van der Waals surface area (Å²) in [5.41, 5.74) is 5.11. The number of likely N-dealkylation sites (N-methyl/N-ethyl adjacent to an activating group) is 2. The summed E-state index contributed by atoms with van der Waals surface area (Å²) in [4.78, 5) is 115. The number of methoxy groups -OCH3 is 5. The van der Waals surface area contributed by atoms with Gasteiger partial charge in [-0.1, -0.05) is 94.4 Å². The van der Waals surface area contributed by atoms with Crippen LogP contribution in [0.4, 0.5) is 43.7 Å². The van der Waals surface area contributed by atoms with Gasteiger partial charge in [0.1, 0.15) is 61.6 Å². The number of anilines is 6. The number of rotatable bonds is 23. The van der Waals surface area contributed by atoms with E-state index in [1.807, 2.05) is 71.1 Å². The van der Waals surface area contributed by atoms with E-state index in [1.54, 1.807) is 92.5 Å². The number of ether oxygens (including phenoxy) is 8. The summed E-state index contributed by atoms with van der Waals surface area (Å²) in [6, 6.07) is 23.3. The van der Waals surface area contributed by atoms with Gasteiger partial charge in [0, 0.05) is 67.6 Å². The summed E-state index contributed by atoms with van der Waals surface area (Å²) in [7, 11) is 18.6. The first-order chi connectivity index (χ1) is 59.8. The van der Waals surface area contributed by atoms with Gasteiger partial charge in [0.05, 0.1) is 149 Å². The van der Waals surface area contributed by atoms with Crippen molar-refractivity contribution in [1.29, 1.82) is 0 Å². The number of piperidine rings is 3. The molecule has 0 unspecified atom stereocenters. The molecule has 15 rings (SSSR count). The molecule has 3 aromatic heterocycles. The van der Waals surface area contributed by atoms with Crippen molar-refractivity contribution in [2.24, 2.45) is 0 Å². The first-order valence-electron chi connectivity index (χ1n) is 39.7. The van der Waals surface area contributed by atoms with E-state index >= 15 is 4.39 Å². The van der Waals surface area contributed by atoms with E-state index in [0.717, 1.165) is 42.3 Å². The lowest BCUT2D eigenvalue weighted by atomic mass is 10.0. The number of hydrogen-bond donors (Lipinski definition) is 6. The van der Waals surface area contributed by atoms with Gasteiger partial charge in [-0.2, -0.15) is 15.0 Å². The van der Waals surface area contributed by atoms with Crippen molar-refractivity contribution >= 4 is 128 Å². The van der Waals surface area contributed by atoms with Gasteiger partial charge >= 0.3 is 0 Å². The van der Waals surface area contributed by atoms with Gasteiger partial charge < -0.3 is 99.2 Å². The van der Waals surface area contributed by atoms with E-state index in [1.165, 1.54) is 58.1 Å². The third-order valence-corrected chi connectivity index (χ3v) is 24.2. The molecule has 6 aliphatic heterocycles. The number of aromatic nitrogens is 6. The minimum absolute atomic E-state index is 0.00108. The highest BCUT2D eigenvalue weighted by molar-refractivity contribution is 6.35. The van der Waals surface area contributed by atoms with Crippen LogP contribution in [0.15, 0.2) is 110 Å². The first-order valence-corrected chi connectivity index (χ1v) is 41.6. The Bertz CT molecular complexity index is 5400. The molecule has 9 aromatic rings. The van der Waals surface area contributed by atoms with Crippen LogP contribution in [-0.4, -0.2) is 248 Å². The van der Waals surface area contributed by atoms with Gasteiger partial charge in [-0.3, -0.25) is 28.8 Å². The minimum atomic E-state index is -1.18. The molecule has 125 heavy (non-hydrogen) atoms. The second-order valence-corrected chi connectivity index (χ2v) is 32.7. The third-order valence-electron chi connectivity index (χ3n) is 22.8. The van der Waals surface area contributed by atoms with Crippen molar-refractivity contribution in [2.45, 2.75) is 94.7 Å². The SMILES string of the molecule is COc1cc(C(=O)N[C@@H]2CCN(C)C[C@@H]2OC)c(Cl)cc1Nc1ncc(Cl)c(Oc2cccc3c2C(=O)N(C)[C@@H]3C)n1.COc1cc(C(=O)N[C@@H]2CCN(C)C[C@@H]2OC)c(F)cc1Nc1ncc(Cl)c(Oc2cccc3c2C(=O)N(C)[C@H]3C)n1.COc1cc(C(=O)N[C@H]2CCN(C)C[C@H]2F)c(Cl)cc1Nc1ncc(Cl)c(Oc2cccc3c2C(=O)N(C)[C@@H]3C)n1. The summed E-state index contributed by atoms with van der Waals surface area (Å²) >= 11 is 32.1. The first kappa shape index (κ1) is 91.4. The number of hydrogen-bond acceptors (Lipinski definition) is 26. The quantitative estimate of drug-likeness (QED) is 0.0346. The highest BCUT2D eigenvalue weighted by Crippen LogP contribution is 2.46. The molecular formula is C86H93Cl5F2N18O14. The number of nitrogens with one attached hydrogen (secondary N) is 6. The highest BCUT2D eigenvalue weighted by atomic mass is 35.5. The Balaban J connectivity index is 0.000000161. The molecule has 9 atom stereocenters. The zero-order chi connectivity index (χ0) is 89.7. The maximum Gasteiger partial charge on any atom is 0.258 e. The second-order valence-electron chi connectivity index (χ2n) is 30.7. The molecule has 6 amide bonds. The van der Waals surface area contributed by atoms with Crippen LogP contribution in [0.1, 0.15) is 137 Å². The van der Waals surface area contributed by atoms with Crippen molar-refractivity contribution in [3.05, 3.63) is 191 Å². The topological polar surface area (TPSA) is 345 Å². The van der Waals surface area contributed by atoms with E-state index < -0.39 is 29.8 Å². The van der Waals surface area contributed by atoms with Crippen LogP contribution >= 0.6 is 58.0 Å². The number of carbonyl (C=O) groups is 6. The molecule has 660 valence electrons. The van der Waals surface area contributed by atoms with Crippen molar-refractivity contribution in [2.75, 3.05) is 133 Å². The largest absolute Gasteiger partial charge is 0.495 e. The van der Waals surface area contributed by atoms with Crippen molar-refractivity contribution in [3.8, 4) is 52.1 Å². The van der Waals surface area contributed by atoms with Crippen LogP contribution in [0, 0.1) is 5.82 Å². The molecule has 6 aromatic carbocycles. The van der Waals surface area contributed by atoms with E-state index in [4.69, 9.17) is 95.9 Å². The van der Waals surface area contributed by atoms with Crippen LogP contribution in [0.3, 0.4) is 0 Å². The highest BCUT2D eigenvalue weighted by Gasteiger charge is 2.40. The Labute approximate surface area is 745 Å². The molecule has 0 aliphatic carbocycles. The van der Waals surface area contributed by atoms with E-state index in [-0.39, 0.29) is 167 Å². The summed E-state index contributed by atoms with van der Waals surface area (Å²) in [5.74, 6) is -0.478. The predicted octanol–water partition coefficient (Wildman–Crippen LogP) is 14.6. The Kier molecular flexibility index (Phi) is 28.9. The lowest BCUT2D eigenvalue weighted by molar-refractivity contribution is 0.0141. The molecule has 0 radical (unpaired) electrons. The molecule has 0 spiro atoms. The summed E-state index contributed by atoms with van der Waals surface area (Å²) in [6.07, 6.45) is 4.46. The maximum absolute atomic E-state index is 15.3. The maximum atomic E-state index is 15.3. The lowest BCUT2D eigenvalue weighted by Gasteiger charge is -2.36. The van der Waals surface area contributed by atoms with Gasteiger partial charge in [-0.25, -0.2) is 23.7 Å². The van der Waals surface area contributed by atoms with E-state index in [0.29, 0.717) is 83.5 Å². The van der Waals surface area contributed by atoms with Gasteiger partial charge in [0.25, 0.3) is 35.4 Å². The van der Waals surface area contributed by atoms with Crippen molar-refractivity contribution in [1.82, 2.24) is 75.3 Å². The number of halogens is 7. The Morgan fingerprint density at radius 2 is 0.728 bits per heavy atom. The molecule has 3 saturated heterocycles. The standard InChI is InChI=1S/C29H32Cl2N6O5.C29H32ClFN6O5.C28H29Cl2FN6O4/c1-15-16-7-6-8-22(25(16)28(39)37(15)3)42-27-19(31)13-32-29(35-27)34-21-12-18(30)17(11-23(21)40-4)26(38)33-20-9-10-36(2)14-24(20)41-5;1-15-16-7-6-8-22(25(16)28(39)37(15)3)42-27-18(30)13-32-29(35-27)34-21-12-19(31)17(11-23(21)40-4)26(38)33-20-9-10-36(2)14-24(20)41-5;1-14-15-6-5-7-22(24(15)27(39)37(14)3)41-26-18(30)12-32-28(35-26)34-21-11-17(29)16(10-23(21)40-4)25(38)33-20-8-9-36(2)13-19(20)31/h2*6-8,11-13,15,20,24H,9-10,14H2,1-5H3,(H,33,38)(H,32,34,35);5-7,10-12,14,19-20H,8-9,13H2,1-4H3,(H,33,38)(H,32,34,35)/t15-,20-,24+;15-,20+,24-;14-,19-,20+/m101/s1. The van der Waals surface area contributed by atoms with Crippen LogP contribution < -0.4 is 60.3 Å². The number of benzene rings is 6. The van der Waals surface area contributed by atoms with Crippen LogP contribution in [0.25, 0.3) is 0 Å². The second kappa shape index (κ2) is 39.5. The monoisotopic (exact) mass is 1810 g/mol. The zero-order valence-electron chi connectivity index (χ0n) is 70.7. The molecule has 6 aliphatic rings. The minimum Gasteiger partial charge on any atom is -0.495 e. The number of amides is 6. The van der Waals surface area contributed by atoms with Crippen LogP contribution in [0.2, 0.25) is 25.1 Å². The summed E-state index contributed by atoms with van der Waals surface area (Å²) < 4.78 is 75.3. The van der Waals surface area contributed by atoms with Gasteiger partial charge in [0.15, 0.2) is 0 Å². The average molecular weight is 1820 g/mol. The average Bonchev–Trinajstić information content (AvgIpc) is 1.61. The molecule has 0 bridgehead atoms. The van der Waals surface area contributed by atoms with Crippen molar-refractivity contribution < 1.29 is 75.4 Å². The number of fused-ring (bicyclic) bond motifs is 3. The molecular weight excluding hydrogens is 1720 g/mol. The fourth-order valence-electron chi connectivity index (χ4n) is 15.3. The summed E-state index contributed by atoms with van der Waals surface area (Å²) in [6.45, 7) is 9.74. The Morgan fingerprint density at radius 3 is 1.06 bits per heavy atom.